The summed E-state index contributed by atoms with van der Waals surface area (Å²) in [5, 5.41) is 10.6. The first-order valence-corrected chi connectivity index (χ1v) is 18.3. The molecule has 4 bridgehead atoms. The molecule has 1 spiro atoms. The lowest BCUT2D eigenvalue weighted by atomic mass is 9.43. The average molecular weight is 625 g/mol. The largest absolute Gasteiger partial charge is 0.208 e. The van der Waals surface area contributed by atoms with Crippen molar-refractivity contribution in [3.8, 4) is 51.4 Å². The standard InChI is InChI=1S/C44H40N4/c45-26-33-24-40-38(25-37(33)29-10-4-1-5-11-29)36-17-16-32(23-39(36)44(40)34-19-27-18-28(21-34)22-35(44)20-27)43-47-41(30-12-6-2-7-13-30)46-42(48-43)31-14-8-3-9-15-31/h2-3,6-9,12-17,23-25,27-29,34-35H,1,4-5,10-11,18-22H2. The highest BCUT2D eigenvalue weighted by atomic mass is 15.0. The van der Waals surface area contributed by atoms with Gasteiger partial charge in [0.15, 0.2) is 17.5 Å². The van der Waals surface area contributed by atoms with Crippen molar-refractivity contribution in [3.05, 3.63) is 113 Å². The first-order valence-electron chi connectivity index (χ1n) is 18.3. The fraction of sp³-hybridized carbons (Fsp3) is 0.364. The van der Waals surface area contributed by atoms with Crippen LogP contribution in [-0.2, 0) is 5.41 Å². The summed E-state index contributed by atoms with van der Waals surface area (Å²) in [5.74, 6) is 5.57. The van der Waals surface area contributed by atoms with Crippen LogP contribution in [0.4, 0.5) is 0 Å². The second-order valence-electron chi connectivity index (χ2n) is 15.4. The summed E-state index contributed by atoms with van der Waals surface area (Å²) in [6.45, 7) is 0. The topological polar surface area (TPSA) is 62.5 Å². The number of aromatic nitrogens is 3. The Bertz CT molecular complexity index is 2000. The Morgan fingerprint density at radius 1 is 0.562 bits per heavy atom. The monoisotopic (exact) mass is 624 g/mol. The normalized spacial score (nSPS) is 26.7. The first kappa shape index (κ1) is 28.4. The van der Waals surface area contributed by atoms with Crippen molar-refractivity contribution in [1.29, 1.82) is 5.26 Å². The zero-order chi connectivity index (χ0) is 31.8. The highest BCUT2D eigenvalue weighted by Gasteiger charge is 2.61. The molecule has 5 aromatic rings. The van der Waals surface area contributed by atoms with Gasteiger partial charge in [0.2, 0.25) is 0 Å². The molecule has 5 saturated carbocycles. The van der Waals surface area contributed by atoms with Crippen LogP contribution in [0.1, 0.15) is 92.4 Å². The van der Waals surface area contributed by atoms with Gasteiger partial charge in [-0.15, -0.1) is 0 Å². The van der Waals surface area contributed by atoms with Gasteiger partial charge in [-0.25, -0.2) is 15.0 Å². The van der Waals surface area contributed by atoms with E-state index in [9.17, 15) is 5.26 Å². The highest BCUT2D eigenvalue weighted by Crippen LogP contribution is 2.69. The Morgan fingerprint density at radius 2 is 1.12 bits per heavy atom. The van der Waals surface area contributed by atoms with Crippen LogP contribution in [0.2, 0.25) is 0 Å². The third-order valence-corrected chi connectivity index (χ3v) is 12.9. The maximum Gasteiger partial charge on any atom is 0.164 e. The molecular formula is C44H40N4. The Hall–Kier alpha value is -4.62. The third-order valence-electron chi connectivity index (χ3n) is 12.9. The number of rotatable bonds is 4. The lowest BCUT2D eigenvalue weighted by Crippen LogP contribution is -2.55. The quantitative estimate of drug-likeness (QED) is 0.200. The lowest BCUT2D eigenvalue weighted by molar-refractivity contribution is -0.0399. The molecule has 0 unspecified atom stereocenters. The number of benzene rings is 4. The maximum atomic E-state index is 10.6. The average Bonchev–Trinajstić information content (AvgIpc) is 3.43. The van der Waals surface area contributed by atoms with Crippen molar-refractivity contribution in [3.63, 3.8) is 0 Å². The van der Waals surface area contributed by atoms with Crippen LogP contribution in [0, 0.1) is 35.0 Å². The minimum absolute atomic E-state index is 0.0393. The van der Waals surface area contributed by atoms with Gasteiger partial charge in [0.05, 0.1) is 11.6 Å². The predicted molar refractivity (Wildman–Crippen MR) is 190 cm³/mol. The van der Waals surface area contributed by atoms with Crippen LogP contribution in [0.3, 0.4) is 0 Å². The van der Waals surface area contributed by atoms with Gasteiger partial charge in [-0.3, -0.25) is 0 Å². The first-order chi connectivity index (χ1) is 23.7. The number of hydrogen-bond donors (Lipinski definition) is 0. The molecule has 0 aliphatic heterocycles. The van der Waals surface area contributed by atoms with Crippen molar-refractivity contribution < 1.29 is 0 Å². The summed E-state index contributed by atoms with van der Waals surface area (Å²) in [5.41, 5.74) is 10.9. The molecule has 0 saturated heterocycles. The summed E-state index contributed by atoms with van der Waals surface area (Å²) < 4.78 is 0. The molecule has 0 amide bonds. The van der Waals surface area contributed by atoms with Gasteiger partial charge >= 0.3 is 0 Å². The maximum absolute atomic E-state index is 10.6. The zero-order valence-corrected chi connectivity index (χ0v) is 27.4. The molecule has 4 nitrogen and oxygen atoms in total. The van der Waals surface area contributed by atoms with Crippen LogP contribution in [-0.4, -0.2) is 15.0 Å². The fourth-order valence-corrected chi connectivity index (χ4v) is 11.2. The van der Waals surface area contributed by atoms with Crippen molar-refractivity contribution in [1.82, 2.24) is 15.0 Å². The number of fused-ring (bicyclic) bond motifs is 3. The summed E-state index contributed by atoms with van der Waals surface area (Å²) in [6, 6.07) is 35.2. The van der Waals surface area contributed by atoms with Gasteiger partial charge in [0.1, 0.15) is 0 Å². The van der Waals surface area contributed by atoms with Crippen LogP contribution in [0.5, 0.6) is 0 Å². The predicted octanol–water partition coefficient (Wildman–Crippen LogP) is 10.5. The van der Waals surface area contributed by atoms with E-state index in [0.29, 0.717) is 29.4 Å². The Balaban J connectivity index is 1.18. The van der Waals surface area contributed by atoms with Gasteiger partial charge in [0.25, 0.3) is 0 Å². The molecule has 6 aliphatic rings. The summed E-state index contributed by atoms with van der Waals surface area (Å²) in [4.78, 5) is 15.2. The molecule has 1 aromatic heterocycles. The van der Waals surface area contributed by atoms with E-state index < -0.39 is 0 Å². The Morgan fingerprint density at radius 3 is 1.71 bits per heavy atom. The molecular weight excluding hydrogens is 585 g/mol. The Kier molecular flexibility index (Phi) is 6.48. The van der Waals surface area contributed by atoms with Gasteiger partial charge in [-0.2, -0.15) is 5.26 Å². The van der Waals surface area contributed by atoms with Crippen molar-refractivity contribution in [2.75, 3.05) is 0 Å². The van der Waals surface area contributed by atoms with E-state index in [1.54, 1.807) is 0 Å². The summed E-state index contributed by atoms with van der Waals surface area (Å²) >= 11 is 0. The number of nitrogens with zero attached hydrogens (tertiary/aromatic N) is 4. The summed E-state index contributed by atoms with van der Waals surface area (Å²) in [6.07, 6.45) is 12.9. The van der Waals surface area contributed by atoms with E-state index in [-0.39, 0.29) is 5.41 Å². The van der Waals surface area contributed by atoms with Crippen LogP contribution < -0.4 is 0 Å². The molecule has 236 valence electrons. The van der Waals surface area contributed by atoms with E-state index >= 15 is 0 Å². The Labute approximate surface area is 283 Å². The van der Waals surface area contributed by atoms with Crippen LogP contribution in [0.15, 0.2) is 91.0 Å². The molecule has 1 heterocycles. The minimum Gasteiger partial charge on any atom is -0.208 e. The second kappa shape index (κ2) is 11.0. The van der Waals surface area contributed by atoms with Gasteiger partial charge in [-0.1, -0.05) is 92.1 Å². The number of hydrogen-bond acceptors (Lipinski definition) is 4. The third kappa shape index (κ3) is 4.22. The van der Waals surface area contributed by atoms with E-state index in [4.69, 9.17) is 15.0 Å². The van der Waals surface area contributed by atoms with Crippen LogP contribution >= 0.6 is 0 Å². The summed E-state index contributed by atoms with van der Waals surface area (Å²) in [7, 11) is 0. The van der Waals surface area contributed by atoms with Crippen molar-refractivity contribution >= 4 is 0 Å². The molecule has 11 rings (SSSR count). The molecule has 6 aliphatic carbocycles. The SMILES string of the molecule is N#Cc1cc2c(cc1C1CCCCC1)-c1ccc(-c3nc(-c4ccccc4)nc(-c4ccccc4)n3)cc1C21C2CC3CC(C2)CC1C3. The highest BCUT2D eigenvalue weighted by molar-refractivity contribution is 5.85. The zero-order valence-electron chi connectivity index (χ0n) is 27.4. The fourth-order valence-electron chi connectivity index (χ4n) is 11.2. The van der Waals surface area contributed by atoms with E-state index in [1.165, 1.54) is 92.0 Å². The van der Waals surface area contributed by atoms with E-state index in [2.05, 4.69) is 60.7 Å². The van der Waals surface area contributed by atoms with Crippen LogP contribution in [0.25, 0.3) is 45.3 Å². The van der Waals surface area contributed by atoms with E-state index in [1.807, 2.05) is 36.4 Å². The molecule has 0 atom stereocenters. The van der Waals surface area contributed by atoms with Crippen molar-refractivity contribution in [2.24, 2.45) is 23.7 Å². The van der Waals surface area contributed by atoms with Gasteiger partial charge < -0.3 is 0 Å². The van der Waals surface area contributed by atoms with Gasteiger partial charge in [-0.05, 0) is 121 Å². The molecule has 48 heavy (non-hydrogen) atoms. The molecule has 5 fully saturated rings. The molecule has 4 heteroatoms. The number of nitriles is 1. The van der Waals surface area contributed by atoms with Gasteiger partial charge in [0, 0.05) is 22.1 Å². The lowest BCUT2D eigenvalue weighted by Gasteiger charge is -2.61. The smallest absolute Gasteiger partial charge is 0.164 e. The molecule has 0 radical (unpaired) electrons. The minimum atomic E-state index is -0.0393. The molecule has 0 N–H and O–H groups in total. The molecule has 4 aromatic carbocycles. The second-order valence-corrected chi connectivity index (χ2v) is 15.4. The van der Waals surface area contributed by atoms with E-state index in [0.717, 1.165) is 39.9 Å². The van der Waals surface area contributed by atoms with Crippen molar-refractivity contribution in [2.45, 2.75) is 75.5 Å².